The standard InChI is InChI=1S/C45H36N8O2S2/c54-44-42(40(32-18-5-1-6-19-32)50-52(44)34-22-9-3-10-23-34)48-46-36-26-13-15-28-38(36)56-30-17-31-57-39-29-16-14-27-37(39)47-49-43-41(33-20-7-2-8-21-33)51-53(45(43)55)35-24-11-4-12-25-35/h1-16,18-29,50-51H,17,30-31H2. The first-order valence-corrected chi connectivity index (χ1v) is 20.3. The number of para-hydroxylation sites is 2. The predicted molar refractivity (Wildman–Crippen MR) is 231 cm³/mol. The maximum atomic E-state index is 13.7. The van der Waals surface area contributed by atoms with Crippen molar-refractivity contribution < 1.29 is 0 Å². The minimum absolute atomic E-state index is 0.242. The van der Waals surface area contributed by atoms with Gasteiger partial charge in [-0.25, -0.2) is 9.36 Å². The third-order valence-corrected chi connectivity index (χ3v) is 11.2. The number of aromatic amines is 2. The van der Waals surface area contributed by atoms with Gasteiger partial charge in [0.15, 0.2) is 11.4 Å². The molecule has 6 aromatic carbocycles. The SMILES string of the molecule is O=c1c(N=Nc2ccccc2SCCCSc2ccccc2N=Nc2c(-c3ccccc3)[nH]n(-c3ccccc3)c2=O)c(-c2ccccc2)[nH]n1-c1ccccc1. The lowest BCUT2D eigenvalue weighted by Gasteiger charge is -2.06. The van der Waals surface area contributed by atoms with Gasteiger partial charge in [-0.1, -0.05) is 121 Å². The number of thioether (sulfide) groups is 2. The molecule has 0 fully saturated rings. The molecule has 280 valence electrons. The van der Waals surface area contributed by atoms with Gasteiger partial charge in [-0.3, -0.25) is 19.8 Å². The van der Waals surface area contributed by atoms with Gasteiger partial charge < -0.3 is 0 Å². The summed E-state index contributed by atoms with van der Waals surface area (Å²) >= 11 is 3.39. The van der Waals surface area contributed by atoms with Crippen molar-refractivity contribution in [1.29, 1.82) is 0 Å². The van der Waals surface area contributed by atoms with Crippen LogP contribution in [0.2, 0.25) is 0 Å². The molecule has 2 N–H and O–H groups in total. The Hall–Kier alpha value is -6.76. The normalized spacial score (nSPS) is 11.5. The molecular formula is C45H36N8O2S2. The van der Waals surface area contributed by atoms with Gasteiger partial charge in [-0.05, 0) is 66.5 Å². The van der Waals surface area contributed by atoms with Gasteiger partial charge in [-0.2, -0.15) is 0 Å². The van der Waals surface area contributed by atoms with E-state index in [9.17, 15) is 9.59 Å². The number of nitrogens with zero attached hydrogens (tertiary/aromatic N) is 6. The fourth-order valence-corrected chi connectivity index (χ4v) is 8.19. The molecule has 0 unspecified atom stereocenters. The zero-order valence-corrected chi connectivity index (χ0v) is 32.2. The Morgan fingerprint density at radius 1 is 0.421 bits per heavy atom. The van der Waals surface area contributed by atoms with E-state index >= 15 is 0 Å². The average Bonchev–Trinajstić information content (AvgIpc) is 3.79. The topological polar surface area (TPSA) is 125 Å². The predicted octanol–water partition coefficient (Wildman–Crippen LogP) is 12.1. The fraction of sp³-hybridized carbons (Fsp3) is 0.0667. The lowest BCUT2D eigenvalue weighted by atomic mass is 10.1. The number of nitrogens with one attached hydrogen (secondary N) is 2. The Bertz CT molecular complexity index is 2570. The molecule has 0 aliphatic carbocycles. The van der Waals surface area contributed by atoms with Crippen LogP contribution >= 0.6 is 23.5 Å². The van der Waals surface area contributed by atoms with E-state index in [4.69, 9.17) is 0 Å². The van der Waals surface area contributed by atoms with Crippen LogP contribution in [-0.4, -0.2) is 31.1 Å². The molecule has 0 aliphatic rings. The minimum Gasteiger partial charge on any atom is -0.288 e. The largest absolute Gasteiger partial charge is 0.299 e. The van der Waals surface area contributed by atoms with Crippen molar-refractivity contribution >= 4 is 46.3 Å². The Labute approximate surface area is 337 Å². The zero-order chi connectivity index (χ0) is 38.8. The van der Waals surface area contributed by atoms with Crippen molar-refractivity contribution in [3.8, 4) is 33.9 Å². The summed E-state index contributed by atoms with van der Waals surface area (Å²) in [5.74, 6) is 1.68. The van der Waals surface area contributed by atoms with Crippen LogP contribution in [0.3, 0.4) is 0 Å². The van der Waals surface area contributed by atoms with Gasteiger partial charge in [0.1, 0.15) is 0 Å². The highest BCUT2D eigenvalue weighted by molar-refractivity contribution is 8.00. The quantitative estimate of drug-likeness (QED) is 0.0647. The number of benzene rings is 6. The van der Waals surface area contributed by atoms with Crippen LogP contribution in [0.4, 0.5) is 22.7 Å². The summed E-state index contributed by atoms with van der Waals surface area (Å²) in [5.41, 5.74) is 5.63. The van der Waals surface area contributed by atoms with Crippen LogP contribution in [0, 0.1) is 0 Å². The van der Waals surface area contributed by atoms with E-state index < -0.39 is 0 Å². The second-order valence-electron chi connectivity index (χ2n) is 12.7. The Morgan fingerprint density at radius 3 is 1.18 bits per heavy atom. The fourth-order valence-electron chi connectivity index (χ4n) is 6.13. The Morgan fingerprint density at radius 2 is 0.772 bits per heavy atom. The highest BCUT2D eigenvalue weighted by atomic mass is 32.2. The van der Waals surface area contributed by atoms with Gasteiger partial charge in [0.05, 0.1) is 34.1 Å². The van der Waals surface area contributed by atoms with Gasteiger partial charge >= 0.3 is 0 Å². The third-order valence-electron chi connectivity index (χ3n) is 8.94. The van der Waals surface area contributed by atoms with Crippen LogP contribution in [0.15, 0.2) is 210 Å². The van der Waals surface area contributed by atoms with Crippen LogP contribution in [-0.2, 0) is 0 Å². The number of azo groups is 2. The van der Waals surface area contributed by atoms with Gasteiger partial charge in [0.25, 0.3) is 11.1 Å². The van der Waals surface area contributed by atoms with Gasteiger partial charge in [0, 0.05) is 20.9 Å². The molecule has 2 aromatic heterocycles. The summed E-state index contributed by atoms with van der Waals surface area (Å²) in [4.78, 5) is 29.3. The van der Waals surface area contributed by atoms with Crippen molar-refractivity contribution in [2.45, 2.75) is 16.2 Å². The molecule has 12 heteroatoms. The smallest absolute Gasteiger partial charge is 0.288 e. The van der Waals surface area contributed by atoms with Crippen LogP contribution in [0.25, 0.3) is 33.9 Å². The minimum atomic E-state index is -0.278. The maximum Gasteiger partial charge on any atom is 0.299 e. The molecule has 57 heavy (non-hydrogen) atoms. The van der Waals surface area contributed by atoms with Crippen molar-refractivity contribution in [3.05, 3.63) is 191 Å². The molecule has 0 saturated heterocycles. The second-order valence-corrected chi connectivity index (χ2v) is 15.0. The molecule has 0 amide bonds. The molecule has 0 aliphatic heterocycles. The zero-order valence-electron chi connectivity index (χ0n) is 30.6. The summed E-state index contributed by atoms with van der Waals surface area (Å²) in [6.07, 6.45) is 0.905. The molecule has 0 bridgehead atoms. The summed E-state index contributed by atoms with van der Waals surface area (Å²) in [5, 5.41) is 24.8. The first kappa shape index (κ1) is 37.2. The monoisotopic (exact) mass is 784 g/mol. The van der Waals surface area contributed by atoms with E-state index in [1.807, 2.05) is 170 Å². The average molecular weight is 785 g/mol. The van der Waals surface area contributed by atoms with E-state index in [2.05, 4.69) is 30.7 Å². The molecule has 8 aromatic rings. The summed E-state index contributed by atoms with van der Waals surface area (Å²) in [7, 11) is 0. The van der Waals surface area contributed by atoms with Crippen LogP contribution in [0.1, 0.15) is 6.42 Å². The number of aromatic nitrogens is 4. The Kier molecular flexibility index (Phi) is 11.6. The summed E-state index contributed by atoms with van der Waals surface area (Å²) in [6, 6.07) is 53.9. The molecule has 10 nitrogen and oxygen atoms in total. The summed E-state index contributed by atoms with van der Waals surface area (Å²) < 4.78 is 3.00. The Balaban J connectivity index is 0.953. The molecule has 2 heterocycles. The highest BCUT2D eigenvalue weighted by Gasteiger charge is 2.19. The molecule has 0 radical (unpaired) electrons. The number of rotatable bonds is 14. The highest BCUT2D eigenvalue weighted by Crippen LogP contribution is 2.36. The van der Waals surface area contributed by atoms with Crippen molar-refractivity contribution in [2.24, 2.45) is 20.5 Å². The first-order chi connectivity index (χ1) is 28.1. The van der Waals surface area contributed by atoms with Crippen LogP contribution in [0.5, 0.6) is 0 Å². The second kappa shape index (κ2) is 17.8. The van der Waals surface area contributed by atoms with E-state index in [-0.39, 0.29) is 22.5 Å². The maximum absolute atomic E-state index is 13.7. The molecular weight excluding hydrogens is 749 g/mol. The number of H-pyrrole nitrogens is 2. The third kappa shape index (κ3) is 8.57. The van der Waals surface area contributed by atoms with E-state index in [0.29, 0.717) is 34.1 Å². The molecule has 0 atom stereocenters. The van der Waals surface area contributed by atoms with Crippen molar-refractivity contribution in [2.75, 3.05) is 11.5 Å². The summed E-state index contributed by atoms with van der Waals surface area (Å²) in [6.45, 7) is 0. The first-order valence-electron chi connectivity index (χ1n) is 18.3. The molecule has 8 rings (SSSR count). The number of hydrogen-bond acceptors (Lipinski definition) is 8. The number of hydrogen-bond donors (Lipinski definition) is 2. The molecule has 0 saturated carbocycles. The lowest BCUT2D eigenvalue weighted by molar-refractivity contribution is 0.852. The van der Waals surface area contributed by atoms with E-state index in [0.717, 1.165) is 38.8 Å². The van der Waals surface area contributed by atoms with E-state index in [1.54, 1.807) is 23.5 Å². The molecule has 0 spiro atoms. The van der Waals surface area contributed by atoms with Gasteiger partial charge in [0.2, 0.25) is 0 Å². The van der Waals surface area contributed by atoms with Crippen molar-refractivity contribution in [3.63, 3.8) is 0 Å². The van der Waals surface area contributed by atoms with E-state index in [1.165, 1.54) is 9.36 Å². The van der Waals surface area contributed by atoms with Crippen LogP contribution < -0.4 is 11.1 Å². The van der Waals surface area contributed by atoms with Crippen molar-refractivity contribution in [1.82, 2.24) is 19.6 Å². The van der Waals surface area contributed by atoms with Gasteiger partial charge in [-0.15, -0.1) is 44.0 Å². The lowest BCUT2D eigenvalue weighted by Crippen LogP contribution is -2.13.